The van der Waals surface area contributed by atoms with Crippen molar-refractivity contribution in [3.05, 3.63) is 65.7 Å². The predicted molar refractivity (Wildman–Crippen MR) is 110 cm³/mol. The maximum Gasteiger partial charge on any atom is 0.123 e. The van der Waals surface area contributed by atoms with Gasteiger partial charge in [-0.05, 0) is 61.2 Å². The van der Waals surface area contributed by atoms with E-state index in [1.807, 2.05) is 24.3 Å². The van der Waals surface area contributed by atoms with Gasteiger partial charge >= 0.3 is 0 Å². The highest BCUT2D eigenvalue weighted by atomic mass is 19.1. The van der Waals surface area contributed by atoms with E-state index in [-0.39, 0.29) is 11.6 Å². The largest absolute Gasteiger partial charge is 0.371 e. The molecule has 0 N–H and O–H groups in total. The third-order valence-corrected chi connectivity index (χ3v) is 6.21. The molecule has 0 atom stereocenters. The van der Waals surface area contributed by atoms with Crippen LogP contribution >= 0.6 is 0 Å². The number of rotatable bonds is 5. The average molecular weight is 386 g/mol. The highest BCUT2D eigenvalue weighted by Crippen LogP contribution is 2.23. The number of nitrogens with zero attached hydrogens (tertiary/aromatic N) is 3. The molecular weight excluding hydrogens is 356 g/mol. The molecule has 150 valence electrons. The first kappa shape index (κ1) is 19.3. The molecule has 0 spiro atoms. The summed E-state index contributed by atoms with van der Waals surface area (Å²) in [5, 5.41) is 0. The second-order valence-electron chi connectivity index (χ2n) is 7.95. The Kier molecular flexibility index (Phi) is 6.23. The highest BCUT2D eigenvalue weighted by Gasteiger charge is 2.27. The quantitative estimate of drug-likeness (QED) is 0.775. The lowest BCUT2D eigenvalue weighted by Crippen LogP contribution is -2.53. The number of halogens is 2. The number of hydrogen-bond acceptors (Lipinski definition) is 3. The van der Waals surface area contributed by atoms with E-state index in [1.54, 1.807) is 24.3 Å². The Morgan fingerprint density at radius 1 is 0.714 bits per heavy atom. The zero-order chi connectivity index (χ0) is 19.3. The van der Waals surface area contributed by atoms with Gasteiger partial charge in [0.05, 0.1) is 0 Å². The van der Waals surface area contributed by atoms with Crippen molar-refractivity contribution >= 4 is 5.69 Å². The van der Waals surface area contributed by atoms with Gasteiger partial charge in [-0.2, -0.15) is 0 Å². The summed E-state index contributed by atoms with van der Waals surface area (Å²) < 4.78 is 26.1. The Bertz CT molecular complexity index is 731. The van der Waals surface area contributed by atoms with Crippen LogP contribution in [0.5, 0.6) is 0 Å². The molecule has 2 fully saturated rings. The van der Waals surface area contributed by atoms with Gasteiger partial charge in [-0.3, -0.25) is 4.90 Å². The number of hydrogen-bond donors (Lipinski definition) is 0. The van der Waals surface area contributed by atoms with Crippen molar-refractivity contribution in [2.45, 2.75) is 25.3 Å². The molecule has 0 aromatic heterocycles. The maximum absolute atomic E-state index is 13.1. The molecule has 0 radical (unpaired) electrons. The molecule has 2 aliphatic rings. The summed E-state index contributed by atoms with van der Waals surface area (Å²) in [4.78, 5) is 7.54. The predicted octanol–water partition coefficient (Wildman–Crippen LogP) is 3.79. The molecule has 2 aromatic rings. The molecule has 4 rings (SSSR count). The second-order valence-corrected chi connectivity index (χ2v) is 7.95. The highest BCUT2D eigenvalue weighted by molar-refractivity contribution is 5.46. The molecule has 5 heteroatoms. The van der Waals surface area contributed by atoms with Crippen LogP contribution in [0.4, 0.5) is 14.5 Å². The summed E-state index contributed by atoms with van der Waals surface area (Å²) in [5.74, 6) is -0.334. The van der Waals surface area contributed by atoms with Crippen molar-refractivity contribution in [3.63, 3.8) is 0 Å². The lowest BCUT2D eigenvalue weighted by atomic mass is 10.0. The SMILES string of the molecule is Fc1ccc(CCN2CCN(C3CCN(c4ccc(F)cc4)CC3)CC2)cc1. The van der Waals surface area contributed by atoms with Gasteiger partial charge in [0.1, 0.15) is 11.6 Å². The van der Waals surface area contributed by atoms with Crippen molar-refractivity contribution in [1.29, 1.82) is 0 Å². The van der Waals surface area contributed by atoms with Crippen LogP contribution in [0, 0.1) is 11.6 Å². The molecular formula is C23H29F2N3. The normalized spacial score (nSPS) is 19.9. The van der Waals surface area contributed by atoms with E-state index in [2.05, 4.69) is 14.7 Å². The zero-order valence-corrected chi connectivity index (χ0v) is 16.4. The van der Waals surface area contributed by atoms with Gasteiger partial charge in [-0.15, -0.1) is 0 Å². The Morgan fingerprint density at radius 2 is 1.29 bits per heavy atom. The topological polar surface area (TPSA) is 9.72 Å². The van der Waals surface area contributed by atoms with Crippen molar-refractivity contribution in [2.24, 2.45) is 0 Å². The fourth-order valence-corrected chi connectivity index (χ4v) is 4.43. The average Bonchev–Trinajstić information content (AvgIpc) is 2.74. The lowest BCUT2D eigenvalue weighted by molar-refractivity contribution is 0.0855. The first-order valence-electron chi connectivity index (χ1n) is 10.4. The van der Waals surface area contributed by atoms with Gasteiger partial charge < -0.3 is 9.80 Å². The molecule has 3 nitrogen and oxygen atoms in total. The van der Waals surface area contributed by atoms with Crippen LogP contribution < -0.4 is 4.90 Å². The summed E-state index contributed by atoms with van der Waals surface area (Å²) >= 11 is 0. The summed E-state index contributed by atoms with van der Waals surface area (Å²) in [7, 11) is 0. The minimum absolute atomic E-state index is 0.164. The van der Waals surface area contributed by atoms with Crippen LogP contribution in [0.25, 0.3) is 0 Å². The molecule has 2 saturated heterocycles. The minimum atomic E-state index is -0.170. The summed E-state index contributed by atoms with van der Waals surface area (Å²) in [6, 6.07) is 14.4. The first-order chi connectivity index (χ1) is 13.7. The van der Waals surface area contributed by atoms with E-state index in [4.69, 9.17) is 0 Å². The second kappa shape index (κ2) is 9.01. The monoisotopic (exact) mass is 385 g/mol. The van der Waals surface area contributed by atoms with Crippen molar-refractivity contribution < 1.29 is 8.78 Å². The van der Waals surface area contributed by atoms with Gasteiger partial charge in [-0.25, -0.2) is 8.78 Å². The summed E-state index contributed by atoms with van der Waals surface area (Å²) in [6.45, 7) is 7.61. The summed E-state index contributed by atoms with van der Waals surface area (Å²) in [6.07, 6.45) is 3.33. The van der Waals surface area contributed by atoms with Crippen molar-refractivity contribution in [1.82, 2.24) is 9.80 Å². The van der Waals surface area contributed by atoms with E-state index in [0.717, 1.165) is 57.9 Å². The molecule has 0 amide bonds. The Labute approximate surface area is 166 Å². The smallest absolute Gasteiger partial charge is 0.123 e. The number of benzene rings is 2. The fraction of sp³-hybridized carbons (Fsp3) is 0.478. The lowest BCUT2D eigenvalue weighted by Gasteiger charge is -2.43. The number of anilines is 1. The number of piperidine rings is 1. The fourth-order valence-electron chi connectivity index (χ4n) is 4.43. The van der Waals surface area contributed by atoms with E-state index < -0.39 is 0 Å². The Balaban J connectivity index is 1.19. The van der Waals surface area contributed by atoms with E-state index in [9.17, 15) is 8.78 Å². The Morgan fingerprint density at radius 3 is 1.89 bits per heavy atom. The molecule has 28 heavy (non-hydrogen) atoms. The van der Waals surface area contributed by atoms with Crippen LogP contribution in [0.1, 0.15) is 18.4 Å². The van der Waals surface area contributed by atoms with Crippen LogP contribution in [0.2, 0.25) is 0 Å². The van der Waals surface area contributed by atoms with Gasteiger partial charge in [0, 0.05) is 57.5 Å². The van der Waals surface area contributed by atoms with Crippen LogP contribution in [0.3, 0.4) is 0 Å². The maximum atomic E-state index is 13.1. The van der Waals surface area contributed by atoms with E-state index in [1.165, 1.54) is 18.4 Å². The van der Waals surface area contributed by atoms with Gasteiger partial charge in [0.25, 0.3) is 0 Å². The van der Waals surface area contributed by atoms with Gasteiger partial charge in [0.2, 0.25) is 0 Å². The van der Waals surface area contributed by atoms with Gasteiger partial charge in [-0.1, -0.05) is 12.1 Å². The molecule has 0 bridgehead atoms. The third kappa shape index (κ3) is 4.89. The molecule has 0 saturated carbocycles. The minimum Gasteiger partial charge on any atom is -0.371 e. The third-order valence-electron chi connectivity index (χ3n) is 6.21. The van der Waals surface area contributed by atoms with Gasteiger partial charge in [0.15, 0.2) is 0 Å². The van der Waals surface area contributed by atoms with Crippen molar-refractivity contribution in [2.75, 3.05) is 50.7 Å². The zero-order valence-electron chi connectivity index (χ0n) is 16.4. The van der Waals surface area contributed by atoms with E-state index in [0.29, 0.717) is 6.04 Å². The summed E-state index contributed by atoms with van der Waals surface area (Å²) in [5.41, 5.74) is 2.34. The number of piperazine rings is 1. The van der Waals surface area contributed by atoms with E-state index >= 15 is 0 Å². The molecule has 0 unspecified atom stereocenters. The standard InChI is InChI=1S/C23H29F2N3/c24-20-3-1-19(2-4-20)9-12-26-15-17-28(18-16-26)23-10-13-27(14-11-23)22-7-5-21(25)6-8-22/h1-8,23H,9-18H2. The molecule has 2 heterocycles. The molecule has 0 aliphatic carbocycles. The van der Waals surface area contributed by atoms with Crippen molar-refractivity contribution in [3.8, 4) is 0 Å². The first-order valence-corrected chi connectivity index (χ1v) is 10.4. The molecule has 2 aliphatic heterocycles. The van der Waals surface area contributed by atoms with Crippen LogP contribution in [-0.4, -0.2) is 61.7 Å². The molecule has 2 aromatic carbocycles. The van der Waals surface area contributed by atoms with Crippen LogP contribution in [0.15, 0.2) is 48.5 Å². The Hall–Kier alpha value is -1.98. The van der Waals surface area contributed by atoms with Crippen LogP contribution in [-0.2, 0) is 6.42 Å².